The van der Waals surface area contributed by atoms with Crippen molar-refractivity contribution in [3.63, 3.8) is 0 Å². The Morgan fingerprint density at radius 2 is 1.96 bits per heavy atom. The molecule has 26 heavy (non-hydrogen) atoms. The molecule has 10 heteroatoms. The first-order valence-electron chi connectivity index (χ1n) is 7.84. The number of hydrogen-bond donors (Lipinski definition) is 1. The van der Waals surface area contributed by atoms with Crippen LogP contribution >= 0.6 is 0 Å². The van der Waals surface area contributed by atoms with E-state index in [4.69, 9.17) is 0 Å². The number of benzene rings is 1. The predicted molar refractivity (Wildman–Crippen MR) is 86.6 cm³/mol. The van der Waals surface area contributed by atoms with Crippen molar-refractivity contribution in [1.82, 2.24) is 19.6 Å². The van der Waals surface area contributed by atoms with Gasteiger partial charge in [0, 0.05) is 18.3 Å². The second-order valence-electron chi connectivity index (χ2n) is 5.81. The number of fused-ring (bicyclic) bond motifs is 1. The smallest absolute Gasteiger partial charge is 0.358 e. The van der Waals surface area contributed by atoms with Gasteiger partial charge in [0.05, 0.1) is 0 Å². The fraction of sp³-hybridized carbons (Fsp3) is 0.250. The van der Waals surface area contributed by atoms with Crippen molar-refractivity contribution < 1.29 is 18.0 Å². The van der Waals surface area contributed by atoms with Gasteiger partial charge in [-0.05, 0) is 18.6 Å². The van der Waals surface area contributed by atoms with Crippen LogP contribution < -0.4 is 10.2 Å². The Kier molecular flexibility index (Phi) is 3.74. The second kappa shape index (κ2) is 5.97. The number of anilines is 2. The molecule has 134 valence electrons. The Morgan fingerprint density at radius 3 is 2.69 bits per heavy atom. The van der Waals surface area contributed by atoms with Gasteiger partial charge >= 0.3 is 6.18 Å². The highest BCUT2D eigenvalue weighted by Crippen LogP contribution is 2.30. The number of carbonyl (C=O) groups excluding carboxylic acids is 1. The molecule has 2 aromatic heterocycles. The Bertz CT molecular complexity index is 956. The molecule has 3 aromatic rings. The molecule has 0 aliphatic carbocycles. The molecule has 1 aliphatic heterocycles. The molecule has 1 unspecified atom stereocenters. The normalized spacial score (nSPS) is 17.9. The molecule has 0 bridgehead atoms. The Balaban J connectivity index is 1.64. The molecular formula is C16H13F3N6O. The second-order valence-corrected chi connectivity index (χ2v) is 5.81. The highest BCUT2D eigenvalue weighted by Gasteiger charge is 2.36. The summed E-state index contributed by atoms with van der Waals surface area (Å²) in [5, 5.41) is 6.74. The minimum atomic E-state index is -4.63. The van der Waals surface area contributed by atoms with E-state index in [0.717, 1.165) is 22.6 Å². The molecule has 1 fully saturated rings. The van der Waals surface area contributed by atoms with Gasteiger partial charge in [-0.25, -0.2) is 4.98 Å². The summed E-state index contributed by atoms with van der Waals surface area (Å²) in [6, 6.07) is 9.28. The molecule has 1 saturated heterocycles. The van der Waals surface area contributed by atoms with Crippen LogP contribution in [-0.2, 0) is 11.0 Å². The first kappa shape index (κ1) is 16.3. The molecule has 4 rings (SSSR count). The third-order valence-electron chi connectivity index (χ3n) is 4.14. The minimum Gasteiger partial charge on any atom is -0.358 e. The average molecular weight is 362 g/mol. The summed E-state index contributed by atoms with van der Waals surface area (Å²) in [5.41, 5.74) is -0.343. The maximum Gasteiger partial charge on any atom is 0.433 e. The molecular weight excluding hydrogens is 349 g/mol. The summed E-state index contributed by atoms with van der Waals surface area (Å²) in [6.07, 6.45) is -3.06. The van der Waals surface area contributed by atoms with Crippen molar-refractivity contribution in [3.8, 4) is 0 Å². The summed E-state index contributed by atoms with van der Waals surface area (Å²) < 4.78 is 40.3. The van der Waals surface area contributed by atoms with Gasteiger partial charge in [-0.15, -0.1) is 0 Å². The number of aromatic nitrogens is 4. The van der Waals surface area contributed by atoms with Crippen molar-refractivity contribution in [2.75, 3.05) is 16.8 Å². The summed E-state index contributed by atoms with van der Waals surface area (Å²) in [6.45, 7) is 0.470. The third-order valence-corrected chi connectivity index (χ3v) is 4.14. The van der Waals surface area contributed by atoms with E-state index in [1.54, 1.807) is 4.90 Å². The van der Waals surface area contributed by atoms with Crippen LogP contribution in [0.4, 0.5) is 24.7 Å². The molecule has 7 nitrogen and oxygen atoms in total. The number of nitrogens with zero attached hydrogens (tertiary/aromatic N) is 5. The van der Waals surface area contributed by atoms with E-state index in [1.165, 1.54) is 0 Å². The van der Waals surface area contributed by atoms with E-state index in [0.29, 0.717) is 13.0 Å². The van der Waals surface area contributed by atoms with E-state index >= 15 is 0 Å². The molecule has 0 spiro atoms. The largest absolute Gasteiger partial charge is 0.433 e. The SMILES string of the molecule is O=C1C(Nc2cc(C(F)(F)F)nc3ncnn23)CCN1c1ccccc1. The quantitative estimate of drug-likeness (QED) is 0.774. The van der Waals surface area contributed by atoms with E-state index in [1.807, 2.05) is 30.3 Å². The number of hydrogen-bond acceptors (Lipinski definition) is 5. The molecule has 1 amide bonds. The zero-order valence-electron chi connectivity index (χ0n) is 13.3. The van der Waals surface area contributed by atoms with Crippen LogP contribution in [0.15, 0.2) is 42.7 Å². The number of para-hydroxylation sites is 1. The van der Waals surface area contributed by atoms with Gasteiger partial charge in [0.25, 0.3) is 5.78 Å². The number of halogens is 3. The van der Waals surface area contributed by atoms with E-state index < -0.39 is 17.9 Å². The number of rotatable bonds is 3. The maximum absolute atomic E-state index is 13.1. The number of nitrogens with one attached hydrogen (secondary N) is 1. The van der Waals surface area contributed by atoms with E-state index in [2.05, 4.69) is 20.4 Å². The van der Waals surface area contributed by atoms with Crippen LogP contribution in [0, 0.1) is 0 Å². The van der Waals surface area contributed by atoms with Crippen molar-refractivity contribution in [2.45, 2.75) is 18.6 Å². The molecule has 1 atom stereocenters. The molecule has 1 aromatic carbocycles. The van der Waals surface area contributed by atoms with Crippen LogP contribution in [0.25, 0.3) is 5.78 Å². The van der Waals surface area contributed by atoms with Crippen molar-refractivity contribution in [2.24, 2.45) is 0 Å². The van der Waals surface area contributed by atoms with Crippen molar-refractivity contribution in [3.05, 3.63) is 48.4 Å². The van der Waals surface area contributed by atoms with Gasteiger partial charge in [0.1, 0.15) is 18.2 Å². The van der Waals surface area contributed by atoms with Crippen LogP contribution in [-0.4, -0.2) is 38.1 Å². The number of carbonyl (C=O) groups is 1. The lowest BCUT2D eigenvalue weighted by Gasteiger charge is -2.18. The van der Waals surface area contributed by atoms with Gasteiger partial charge in [0.2, 0.25) is 5.91 Å². The lowest BCUT2D eigenvalue weighted by atomic mass is 10.2. The molecule has 1 aliphatic rings. The fourth-order valence-corrected chi connectivity index (χ4v) is 2.92. The lowest BCUT2D eigenvalue weighted by Crippen LogP contribution is -2.34. The topological polar surface area (TPSA) is 75.4 Å². The predicted octanol–water partition coefficient (Wildman–Crippen LogP) is 2.36. The summed E-state index contributed by atoms with van der Waals surface area (Å²) in [7, 11) is 0. The summed E-state index contributed by atoms with van der Waals surface area (Å²) >= 11 is 0. The first-order chi connectivity index (χ1) is 12.4. The van der Waals surface area contributed by atoms with E-state index in [-0.39, 0.29) is 17.5 Å². The summed E-state index contributed by atoms with van der Waals surface area (Å²) in [5.74, 6) is -0.379. The van der Waals surface area contributed by atoms with Gasteiger partial charge in [0.15, 0.2) is 5.69 Å². The number of alkyl halides is 3. The van der Waals surface area contributed by atoms with Crippen molar-refractivity contribution >= 4 is 23.2 Å². The monoisotopic (exact) mass is 362 g/mol. The average Bonchev–Trinajstić information content (AvgIpc) is 3.22. The Hall–Kier alpha value is -3.17. The minimum absolute atomic E-state index is 0.0214. The lowest BCUT2D eigenvalue weighted by molar-refractivity contribution is -0.141. The standard InChI is InChI=1S/C16H13F3N6O/c17-16(18,19)12-8-13(25-15(23-12)20-9-21-25)22-11-6-7-24(14(11)26)10-4-2-1-3-5-10/h1-5,8-9,11,22H,6-7H2. The fourth-order valence-electron chi connectivity index (χ4n) is 2.92. The highest BCUT2D eigenvalue weighted by molar-refractivity contribution is 6.00. The molecule has 1 N–H and O–H groups in total. The maximum atomic E-state index is 13.1. The van der Waals surface area contributed by atoms with Gasteiger partial charge in [-0.3, -0.25) is 4.79 Å². The Morgan fingerprint density at radius 1 is 1.19 bits per heavy atom. The van der Waals surface area contributed by atoms with Crippen LogP contribution in [0.5, 0.6) is 0 Å². The Labute approximate surface area is 145 Å². The zero-order chi connectivity index (χ0) is 18.3. The van der Waals surface area contributed by atoms with Crippen LogP contribution in [0.1, 0.15) is 12.1 Å². The third kappa shape index (κ3) is 2.83. The van der Waals surface area contributed by atoms with Crippen LogP contribution in [0.2, 0.25) is 0 Å². The summed E-state index contributed by atoms with van der Waals surface area (Å²) in [4.78, 5) is 21.4. The zero-order valence-corrected chi connectivity index (χ0v) is 13.3. The first-order valence-corrected chi connectivity index (χ1v) is 7.84. The highest BCUT2D eigenvalue weighted by atomic mass is 19.4. The van der Waals surface area contributed by atoms with Gasteiger partial charge in [-0.1, -0.05) is 18.2 Å². The molecule has 0 saturated carbocycles. The van der Waals surface area contributed by atoms with Crippen molar-refractivity contribution in [1.29, 1.82) is 0 Å². The molecule has 0 radical (unpaired) electrons. The van der Waals surface area contributed by atoms with Crippen LogP contribution in [0.3, 0.4) is 0 Å². The van der Waals surface area contributed by atoms with Gasteiger partial charge in [-0.2, -0.15) is 27.8 Å². The number of amides is 1. The molecule has 3 heterocycles. The van der Waals surface area contributed by atoms with Gasteiger partial charge < -0.3 is 10.2 Å². The van der Waals surface area contributed by atoms with E-state index in [9.17, 15) is 18.0 Å².